The van der Waals surface area contributed by atoms with E-state index >= 15 is 0 Å². The standard InChI is InChI=1S/C64H42.C45H32.C40H26/c1-4-16-43(17-5-1)45-28-34-50(35-29-45)63-57-26-14-15-27-58(57)64(51-36-30-46(31-37-51)44-18-6-2-7-19-44)60-42-52(40-41-59(60)63)47-32-38-49(39-33-47)62-55-24-12-10-22-53(55)61(48-20-8-3-9-21-48)54-23-11-13-25-56(54)62;1-45(2)41-19-11-10-16-35(41)36-24-23-34(28-42(36)45)44-38-18-9-8-17-37(38)43(30-13-4-3-5-14-30)40-27-33(22-25-39(40)44)32-21-20-29-12-6-7-15-31(29)26-32;1-2-12-29(13-3-1)39-35-16-8-9-17-36(35)40(34-21-19-28-11-5-7-15-31(28)25-34)37-23-22-33(26-38(37)39)32-20-18-27-10-4-6-14-30(27)24-32/h1-42H;3-28H,1-2H3;1-26H. The summed E-state index contributed by atoms with van der Waals surface area (Å²) in [6.07, 6.45) is 0. The highest BCUT2D eigenvalue weighted by atomic mass is 14.4. The van der Waals surface area contributed by atoms with Crippen molar-refractivity contribution in [2.45, 2.75) is 19.3 Å². The average Bonchev–Trinajstić information content (AvgIpc) is 1.70. The molecular weight excluding hydrogens is 1790 g/mol. The lowest BCUT2D eigenvalue weighted by Gasteiger charge is -2.23. The van der Waals surface area contributed by atoms with Gasteiger partial charge in [-0.15, -0.1) is 0 Å². The minimum atomic E-state index is -0.0548. The molecule has 696 valence electrons. The molecule has 0 saturated carbocycles. The van der Waals surface area contributed by atoms with E-state index in [1.54, 1.807) is 0 Å². The topological polar surface area (TPSA) is 0 Å². The second-order valence-electron chi connectivity index (χ2n) is 40.2. The third kappa shape index (κ3) is 16.0. The summed E-state index contributed by atoms with van der Waals surface area (Å²) in [6.45, 7) is 4.73. The summed E-state index contributed by atoms with van der Waals surface area (Å²) in [5.74, 6) is 0. The van der Waals surface area contributed by atoms with Crippen LogP contribution in [0.25, 0.3) is 274 Å². The molecule has 0 nitrogen and oxygen atoms in total. The molecule has 149 heavy (non-hydrogen) atoms. The van der Waals surface area contributed by atoms with Crippen LogP contribution in [-0.2, 0) is 5.41 Å². The normalized spacial score (nSPS) is 12.0. The van der Waals surface area contributed by atoms with E-state index in [-0.39, 0.29) is 5.41 Å². The Balaban J connectivity index is 0.000000114. The monoisotopic (exact) mass is 1890 g/mol. The van der Waals surface area contributed by atoms with Gasteiger partial charge in [0.25, 0.3) is 0 Å². The summed E-state index contributed by atoms with van der Waals surface area (Å²) < 4.78 is 0. The van der Waals surface area contributed by atoms with Crippen LogP contribution in [0.15, 0.2) is 570 Å². The number of rotatable bonds is 13. The highest BCUT2D eigenvalue weighted by molar-refractivity contribution is 6.27. The Hall–Kier alpha value is -19.0. The molecule has 0 aliphatic heterocycles. The zero-order valence-corrected chi connectivity index (χ0v) is 82.8. The molecule has 1 aliphatic rings. The molecule has 0 heteroatoms. The predicted octanol–water partition coefficient (Wildman–Crippen LogP) is 41.7. The summed E-state index contributed by atoms with van der Waals surface area (Å²) in [5.41, 5.74) is 37.8. The van der Waals surface area contributed by atoms with Crippen LogP contribution >= 0.6 is 0 Å². The van der Waals surface area contributed by atoms with E-state index in [9.17, 15) is 0 Å². The first-order chi connectivity index (χ1) is 73.7. The van der Waals surface area contributed by atoms with Gasteiger partial charge in [0.05, 0.1) is 0 Å². The third-order valence-corrected chi connectivity index (χ3v) is 31.3. The zero-order chi connectivity index (χ0) is 99.0. The number of fused-ring (bicyclic) bond motifs is 14. The summed E-state index contributed by atoms with van der Waals surface area (Å²) in [6, 6.07) is 210. The summed E-state index contributed by atoms with van der Waals surface area (Å²) in [7, 11) is 0. The highest BCUT2D eigenvalue weighted by Gasteiger charge is 2.36. The fraction of sp³-hybridized carbons (Fsp3) is 0.0201. The number of benzene rings is 28. The van der Waals surface area contributed by atoms with Crippen molar-refractivity contribution in [3.63, 3.8) is 0 Å². The van der Waals surface area contributed by atoms with Gasteiger partial charge in [0.2, 0.25) is 0 Å². The Labute approximate surface area is 868 Å². The van der Waals surface area contributed by atoms with Crippen molar-refractivity contribution in [2.24, 2.45) is 0 Å². The molecule has 0 N–H and O–H groups in total. The molecule has 0 aromatic heterocycles. The molecule has 0 spiro atoms. The lowest BCUT2D eigenvalue weighted by molar-refractivity contribution is 0.660. The van der Waals surface area contributed by atoms with Gasteiger partial charge in [0.1, 0.15) is 0 Å². The molecule has 0 bridgehead atoms. The van der Waals surface area contributed by atoms with Gasteiger partial charge < -0.3 is 0 Å². The van der Waals surface area contributed by atoms with Crippen LogP contribution in [0.3, 0.4) is 0 Å². The lowest BCUT2D eigenvalue weighted by Crippen LogP contribution is -2.14. The van der Waals surface area contributed by atoms with Crippen molar-refractivity contribution in [1.29, 1.82) is 0 Å². The molecule has 28 aromatic rings. The van der Waals surface area contributed by atoms with Gasteiger partial charge in [-0.05, 0) is 328 Å². The molecule has 1 aliphatic carbocycles. The quantitative estimate of drug-likeness (QED) is 0.101. The van der Waals surface area contributed by atoms with E-state index in [4.69, 9.17) is 0 Å². The van der Waals surface area contributed by atoms with Crippen molar-refractivity contribution in [3.8, 4) is 156 Å². The Morgan fingerprint density at radius 3 is 0.611 bits per heavy atom. The van der Waals surface area contributed by atoms with Crippen molar-refractivity contribution in [3.05, 3.63) is 581 Å². The maximum absolute atomic E-state index is 2.47. The van der Waals surface area contributed by atoms with Gasteiger partial charge >= 0.3 is 0 Å². The van der Waals surface area contributed by atoms with Crippen LogP contribution in [0.1, 0.15) is 25.0 Å². The molecule has 29 rings (SSSR count). The van der Waals surface area contributed by atoms with Crippen LogP contribution in [0.5, 0.6) is 0 Å². The molecule has 0 amide bonds. The van der Waals surface area contributed by atoms with Crippen LogP contribution < -0.4 is 0 Å². The third-order valence-electron chi connectivity index (χ3n) is 31.3. The van der Waals surface area contributed by atoms with Crippen molar-refractivity contribution >= 4 is 118 Å². The van der Waals surface area contributed by atoms with Gasteiger partial charge in [-0.2, -0.15) is 0 Å². The molecule has 0 atom stereocenters. The Bertz CT molecular complexity index is 10000. The fourth-order valence-corrected chi connectivity index (χ4v) is 24.2. The Morgan fingerprint density at radius 2 is 0.282 bits per heavy atom. The molecule has 0 unspecified atom stereocenters. The summed E-state index contributed by atoms with van der Waals surface area (Å²) >= 11 is 0. The first-order valence-electron chi connectivity index (χ1n) is 51.9. The first kappa shape index (κ1) is 88.9. The molecule has 28 aromatic carbocycles. The summed E-state index contributed by atoms with van der Waals surface area (Å²) in [5, 5.41) is 27.9. The maximum atomic E-state index is 2.47. The predicted molar refractivity (Wildman–Crippen MR) is 640 cm³/mol. The largest absolute Gasteiger partial charge is 0.0622 e. The van der Waals surface area contributed by atoms with E-state index in [2.05, 4.69) is 584 Å². The van der Waals surface area contributed by atoms with Crippen LogP contribution in [0.4, 0.5) is 0 Å². The van der Waals surface area contributed by atoms with Crippen molar-refractivity contribution < 1.29 is 0 Å². The van der Waals surface area contributed by atoms with Gasteiger partial charge in [0, 0.05) is 5.41 Å². The van der Waals surface area contributed by atoms with E-state index in [0.29, 0.717) is 0 Å². The van der Waals surface area contributed by atoms with Crippen molar-refractivity contribution in [2.75, 3.05) is 0 Å². The second kappa shape index (κ2) is 37.6. The fourth-order valence-electron chi connectivity index (χ4n) is 24.2. The summed E-state index contributed by atoms with van der Waals surface area (Å²) in [4.78, 5) is 0. The molecular formula is C149H100. The van der Waals surface area contributed by atoms with Gasteiger partial charge in [-0.25, -0.2) is 0 Å². The van der Waals surface area contributed by atoms with Gasteiger partial charge in [-0.3, -0.25) is 0 Å². The van der Waals surface area contributed by atoms with E-state index in [0.717, 1.165) is 0 Å². The van der Waals surface area contributed by atoms with E-state index in [1.165, 1.54) is 285 Å². The zero-order valence-electron chi connectivity index (χ0n) is 82.8. The minimum absolute atomic E-state index is 0.0548. The van der Waals surface area contributed by atoms with Crippen LogP contribution in [0, 0.1) is 0 Å². The van der Waals surface area contributed by atoms with Crippen LogP contribution in [-0.4, -0.2) is 0 Å². The Morgan fingerprint density at radius 1 is 0.101 bits per heavy atom. The lowest BCUT2D eigenvalue weighted by atomic mass is 9.80. The van der Waals surface area contributed by atoms with E-state index < -0.39 is 0 Å². The highest BCUT2D eigenvalue weighted by Crippen LogP contribution is 2.55. The van der Waals surface area contributed by atoms with Crippen molar-refractivity contribution in [1.82, 2.24) is 0 Å². The average molecular weight is 1890 g/mol. The number of hydrogen-bond acceptors (Lipinski definition) is 0. The smallest absolute Gasteiger partial charge is 0.0159 e. The van der Waals surface area contributed by atoms with E-state index in [1.807, 2.05) is 0 Å². The molecule has 0 fully saturated rings. The van der Waals surface area contributed by atoms with Gasteiger partial charge in [0.15, 0.2) is 0 Å². The van der Waals surface area contributed by atoms with Crippen LogP contribution in [0.2, 0.25) is 0 Å². The molecule has 0 radical (unpaired) electrons. The molecule has 0 saturated heterocycles. The Kier molecular flexibility index (Phi) is 22.5. The van der Waals surface area contributed by atoms with Gasteiger partial charge in [-0.1, -0.05) is 542 Å². The number of hydrogen-bond donors (Lipinski definition) is 0. The SMILES string of the molecule is CC1(C)c2ccccc2-c2ccc(-c3c4ccccc4c(-c4ccccc4)c4cc(-c5ccc6ccccc6c5)ccc34)cc21.c1ccc(-c2c3ccccc3c(-c3ccc4ccccc4c3)c3ccc(-c4ccc5ccccc5c4)cc23)cc1.c1ccc(-c2ccc(-c3c4ccccc4c(-c4ccc(-c5ccccc5)cc4)c4cc(-c5ccc(-c6c7ccccc7c(-c7ccccc7)c7ccccc67)cc5)ccc34)cc2)cc1. The first-order valence-corrected chi connectivity index (χ1v) is 51.9. The molecule has 0 heterocycles. The second-order valence-corrected chi connectivity index (χ2v) is 40.2. The minimum Gasteiger partial charge on any atom is -0.0622 e. The maximum Gasteiger partial charge on any atom is 0.0159 e.